The molecule has 1 aromatic rings. The van der Waals surface area contributed by atoms with E-state index in [9.17, 15) is 10.1 Å². The van der Waals surface area contributed by atoms with Gasteiger partial charge in [-0.25, -0.2) is 0 Å². The topological polar surface area (TPSA) is 64.9 Å². The summed E-state index contributed by atoms with van der Waals surface area (Å²) in [6.07, 6.45) is 3.52. The van der Waals surface area contributed by atoms with Gasteiger partial charge < -0.3 is 10.6 Å². The number of halogens is 1. The first-order valence-corrected chi connectivity index (χ1v) is 7.56. The van der Waals surface area contributed by atoms with E-state index in [1.807, 2.05) is 25.1 Å². The SMILES string of the molecule is Cc1ccc(NCC(=O)NC2(C#N)CCCC2)c(Br)c1. The van der Waals surface area contributed by atoms with E-state index in [4.69, 9.17) is 0 Å². The van der Waals surface area contributed by atoms with Crippen LogP contribution >= 0.6 is 15.9 Å². The van der Waals surface area contributed by atoms with E-state index < -0.39 is 5.54 Å². The summed E-state index contributed by atoms with van der Waals surface area (Å²) in [5.74, 6) is -0.138. The smallest absolute Gasteiger partial charge is 0.240 e. The molecule has 0 bridgehead atoms. The van der Waals surface area contributed by atoms with Crippen LogP contribution in [0.5, 0.6) is 0 Å². The zero-order chi connectivity index (χ0) is 14.6. The number of amides is 1. The molecule has 0 spiro atoms. The van der Waals surface area contributed by atoms with Gasteiger partial charge >= 0.3 is 0 Å². The van der Waals surface area contributed by atoms with Crippen LogP contribution in [0.4, 0.5) is 5.69 Å². The van der Waals surface area contributed by atoms with Crippen LogP contribution in [0.3, 0.4) is 0 Å². The molecule has 5 heteroatoms. The van der Waals surface area contributed by atoms with Crippen molar-refractivity contribution in [1.29, 1.82) is 5.26 Å². The van der Waals surface area contributed by atoms with E-state index in [0.29, 0.717) is 0 Å². The Bertz CT molecular complexity index is 545. The third kappa shape index (κ3) is 3.51. The summed E-state index contributed by atoms with van der Waals surface area (Å²) >= 11 is 3.46. The lowest BCUT2D eigenvalue weighted by atomic mass is 10.00. The molecule has 1 aromatic carbocycles. The number of nitrogens with one attached hydrogen (secondary N) is 2. The van der Waals surface area contributed by atoms with Crippen molar-refractivity contribution >= 4 is 27.5 Å². The monoisotopic (exact) mass is 335 g/mol. The van der Waals surface area contributed by atoms with E-state index >= 15 is 0 Å². The Morgan fingerprint density at radius 2 is 2.15 bits per heavy atom. The third-order valence-electron chi connectivity index (χ3n) is 3.61. The van der Waals surface area contributed by atoms with Crippen LogP contribution in [-0.2, 0) is 4.79 Å². The highest BCUT2D eigenvalue weighted by atomic mass is 79.9. The summed E-state index contributed by atoms with van der Waals surface area (Å²) in [6.45, 7) is 2.18. The highest BCUT2D eigenvalue weighted by molar-refractivity contribution is 9.10. The zero-order valence-corrected chi connectivity index (χ0v) is 13.1. The van der Waals surface area contributed by atoms with Gasteiger partial charge in [0.2, 0.25) is 5.91 Å². The first kappa shape index (κ1) is 14.9. The average Bonchev–Trinajstić information content (AvgIpc) is 2.87. The fourth-order valence-electron chi connectivity index (χ4n) is 2.49. The number of carbonyl (C=O) groups is 1. The average molecular weight is 336 g/mol. The number of nitriles is 1. The maximum Gasteiger partial charge on any atom is 0.240 e. The van der Waals surface area contributed by atoms with Gasteiger partial charge in [-0.1, -0.05) is 6.07 Å². The minimum Gasteiger partial charge on any atom is -0.375 e. The number of hydrogen-bond donors (Lipinski definition) is 2. The molecule has 1 fully saturated rings. The molecule has 0 unspecified atom stereocenters. The first-order valence-electron chi connectivity index (χ1n) is 6.77. The minimum absolute atomic E-state index is 0.138. The van der Waals surface area contributed by atoms with Gasteiger partial charge in [-0.15, -0.1) is 0 Å². The molecule has 2 rings (SSSR count). The summed E-state index contributed by atoms with van der Waals surface area (Å²) in [5.41, 5.74) is 1.38. The molecule has 1 aliphatic carbocycles. The molecule has 0 radical (unpaired) electrons. The molecule has 0 saturated heterocycles. The van der Waals surface area contributed by atoms with Crippen molar-refractivity contribution in [3.8, 4) is 6.07 Å². The quantitative estimate of drug-likeness (QED) is 0.888. The highest BCUT2D eigenvalue weighted by Gasteiger charge is 2.35. The number of benzene rings is 1. The second-order valence-corrected chi connectivity index (χ2v) is 6.14. The molecule has 106 valence electrons. The summed E-state index contributed by atoms with van der Waals surface area (Å²) < 4.78 is 0.932. The van der Waals surface area contributed by atoms with Gasteiger partial charge in [0.25, 0.3) is 0 Å². The highest BCUT2D eigenvalue weighted by Crippen LogP contribution is 2.29. The van der Waals surface area contributed by atoms with Crippen molar-refractivity contribution in [2.45, 2.75) is 38.1 Å². The third-order valence-corrected chi connectivity index (χ3v) is 4.27. The predicted octanol–water partition coefficient (Wildman–Crippen LogP) is 3.12. The number of anilines is 1. The van der Waals surface area contributed by atoms with E-state index in [-0.39, 0.29) is 12.5 Å². The fraction of sp³-hybridized carbons (Fsp3) is 0.467. The van der Waals surface area contributed by atoms with Gasteiger partial charge in [-0.2, -0.15) is 5.26 Å². The standard InChI is InChI=1S/C15H18BrN3O/c1-11-4-5-13(12(16)8-11)18-9-14(20)19-15(10-17)6-2-3-7-15/h4-5,8,18H,2-3,6-7,9H2,1H3,(H,19,20). The Morgan fingerprint density at radius 1 is 1.45 bits per heavy atom. The van der Waals surface area contributed by atoms with Crippen molar-refractivity contribution in [3.63, 3.8) is 0 Å². The van der Waals surface area contributed by atoms with E-state index in [2.05, 4.69) is 32.6 Å². The number of hydrogen-bond acceptors (Lipinski definition) is 3. The van der Waals surface area contributed by atoms with Crippen LogP contribution in [0.2, 0.25) is 0 Å². The minimum atomic E-state index is -0.650. The maximum absolute atomic E-state index is 12.0. The maximum atomic E-state index is 12.0. The second-order valence-electron chi connectivity index (χ2n) is 5.29. The summed E-state index contributed by atoms with van der Waals surface area (Å²) in [6, 6.07) is 8.17. The Labute approximate surface area is 127 Å². The summed E-state index contributed by atoms with van der Waals surface area (Å²) in [5, 5.41) is 15.2. The van der Waals surface area contributed by atoms with E-state index in [1.165, 1.54) is 0 Å². The van der Waals surface area contributed by atoms with Crippen molar-refractivity contribution in [2.24, 2.45) is 0 Å². The van der Waals surface area contributed by atoms with Gasteiger partial charge in [0.05, 0.1) is 12.6 Å². The number of aryl methyl sites for hydroxylation is 1. The molecule has 1 saturated carbocycles. The molecule has 0 aliphatic heterocycles. The normalized spacial score (nSPS) is 16.4. The number of nitrogens with zero attached hydrogens (tertiary/aromatic N) is 1. The number of rotatable bonds is 4. The van der Waals surface area contributed by atoms with Gasteiger partial charge in [-0.05, 0) is 66.2 Å². The zero-order valence-electron chi connectivity index (χ0n) is 11.5. The first-order chi connectivity index (χ1) is 9.54. The summed E-state index contributed by atoms with van der Waals surface area (Å²) in [7, 11) is 0. The van der Waals surface area contributed by atoms with Gasteiger partial charge in [-0.3, -0.25) is 4.79 Å². The Morgan fingerprint density at radius 3 is 2.75 bits per heavy atom. The molecule has 0 atom stereocenters. The van der Waals surface area contributed by atoms with Gasteiger partial charge in [0, 0.05) is 10.2 Å². The van der Waals surface area contributed by atoms with E-state index in [0.717, 1.165) is 41.4 Å². The molecule has 0 heterocycles. The van der Waals surface area contributed by atoms with E-state index in [1.54, 1.807) is 0 Å². The lowest BCUT2D eigenvalue weighted by Gasteiger charge is -2.22. The van der Waals surface area contributed by atoms with Crippen LogP contribution in [0.25, 0.3) is 0 Å². The second kappa shape index (κ2) is 6.27. The summed E-state index contributed by atoms with van der Waals surface area (Å²) in [4.78, 5) is 12.0. The molecule has 1 aliphatic rings. The van der Waals surface area contributed by atoms with Crippen LogP contribution < -0.4 is 10.6 Å². The Hall–Kier alpha value is -1.54. The fourth-order valence-corrected chi connectivity index (χ4v) is 3.13. The Kier molecular flexibility index (Phi) is 4.66. The molecule has 1 amide bonds. The number of carbonyl (C=O) groups excluding carboxylic acids is 1. The van der Waals surface area contributed by atoms with Crippen LogP contribution in [0.15, 0.2) is 22.7 Å². The largest absolute Gasteiger partial charge is 0.375 e. The molecule has 4 nitrogen and oxygen atoms in total. The van der Waals surface area contributed by atoms with Crippen LogP contribution in [-0.4, -0.2) is 18.0 Å². The molecule has 20 heavy (non-hydrogen) atoms. The predicted molar refractivity (Wildman–Crippen MR) is 82.3 cm³/mol. The lowest BCUT2D eigenvalue weighted by molar-refractivity contribution is -0.120. The van der Waals surface area contributed by atoms with Crippen LogP contribution in [0.1, 0.15) is 31.2 Å². The van der Waals surface area contributed by atoms with Gasteiger partial charge in [0.15, 0.2) is 0 Å². The van der Waals surface area contributed by atoms with Crippen molar-refractivity contribution in [3.05, 3.63) is 28.2 Å². The van der Waals surface area contributed by atoms with Crippen molar-refractivity contribution in [1.82, 2.24) is 5.32 Å². The molecule has 0 aromatic heterocycles. The van der Waals surface area contributed by atoms with Gasteiger partial charge in [0.1, 0.15) is 5.54 Å². The van der Waals surface area contributed by atoms with Crippen molar-refractivity contribution in [2.75, 3.05) is 11.9 Å². The Balaban J connectivity index is 1.91. The van der Waals surface area contributed by atoms with Crippen LogP contribution in [0, 0.1) is 18.3 Å². The van der Waals surface area contributed by atoms with Crippen molar-refractivity contribution < 1.29 is 4.79 Å². The molecular formula is C15H18BrN3O. The molecule has 2 N–H and O–H groups in total. The lowest BCUT2D eigenvalue weighted by Crippen LogP contribution is -2.47. The molecular weight excluding hydrogens is 318 g/mol.